The predicted octanol–water partition coefficient (Wildman–Crippen LogP) is 1.87. The minimum atomic E-state index is -0.419. The minimum absolute atomic E-state index is 0.0895. The number of carbonyl (C=O) groups excluding carboxylic acids is 1. The maximum atomic E-state index is 12.5. The molecule has 2 aliphatic heterocycles. The molecule has 4 nitrogen and oxygen atoms in total. The van der Waals surface area contributed by atoms with Crippen molar-refractivity contribution in [2.75, 3.05) is 26.3 Å². The van der Waals surface area contributed by atoms with Gasteiger partial charge in [-0.3, -0.25) is 4.79 Å². The van der Waals surface area contributed by atoms with Gasteiger partial charge in [0, 0.05) is 32.2 Å². The molecule has 120 valence electrons. The largest absolute Gasteiger partial charge is 0.391 e. The van der Waals surface area contributed by atoms with Crippen molar-refractivity contribution in [1.29, 1.82) is 0 Å². The van der Waals surface area contributed by atoms with Crippen molar-refractivity contribution >= 4 is 5.91 Å². The molecule has 1 N–H and O–H groups in total. The Morgan fingerprint density at radius 2 is 1.91 bits per heavy atom. The summed E-state index contributed by atoms with van der Waals surface area (Å²) in [6.45, 7) is 2.62. The number of benzene rings is 1. The van der Waals surface area contributed by atoms with Gasteiger partial charge < -0.3 is 14.7 Å². The number of carbonyl (C=O) groups is 1. The van der Waals surface area contributed by atoms with E-state index in [9.17, 15) is 9.90 Å². The first-order chi connectivity index (χ1) is 10.7. The van der Waals surface area contributed by atoms with E-state index < -0.39 is 6.10 Å². The SMILES string of the molecule is O=C(C1CCOCC1)N1CC[C@H](Cc2ccccc2)[C@@H](O)C1. The lowest BCUT2D eigenvalue weighted by atomic mass is 9.87. The molecule has 2 atom stereocenters. The Bertz CT molecular complexity index is 484. The molecule has 0 radical (unpaired) electrons. The van der Waals surface area contributed by atoms with Crippen LogP contribution in [0.2, 0.25) is 0 Å². The molecule has 2 aliphatic rings. The summed E-state index contributed by atoms with van der Waals surface area (Å²) in [5.41, 5.74) is 1.26. The van der Waals surface area contributed by atoms with Crippen LogP contribution < -0.4 is 0 Å². The summed E-state index contributed by atoms with van der Waals surface area (Å²) in [7, 11) is 0. The second-order valence-corrected chi connectivity index (χ2v) is 6.48. The van der Waals surface area contributed by atoms with E-state index in [0.717, 1.165) is 32.2 Å². The van der Waals surface area contributed by atoms with Crippen molar-refractivity contribution in [2.45, 2.75) is 31.8 Å². The Hall–Kier alpha value is -1.39. The average molecular weight is 303 g/mol. The van der Waals surface area contributed by atoms with Gasteiger partial charge in [-0.25, -0.2) is 0 Å². The van der Waals surface area contributed by atoms with Crippen LogP contribution >= 0.6 is 0 Å². The Labute approximate surface area is 132 Å². The molecule has 3 rings (SSSR count). The quantitative estimate of drug-likeness (QED) is 0.927. The number of rotatable bonds is 3. The van der Waals surface area contributed by atoms with Crippen LogP contribution in [0.5, 0.6) is 0 Å². The number of aliphatic hydroxyl groups is 1. The molecule has 2 heterocycles. The fourth-order valence-corrected chi connectivity index (χ4v) is 3.54. The van der Waals surface area contributed by atoms with Gasteiger partial charge in [0.15, 0.2) is 0 Å². The number of hydrogen-bond donors (Lipinski definition) is 1. The van der Waals surface area contributed by atoms with Gasteiger partial charge in [-0.1, -0.05) is 30.3 Å². The lowest BCUT2D eigenvalue weighted by Gasteiger charge is -2.38. The van der Waals surface area contributed by atoms with E-state index in [2.05, 4.69) is 12.1 Å². The normalized spacial score (nSPS) is 26.9. The van der Waals surface area contributed by atoms with E-state index in [4.69, 9.17) is 4.74 Å². The second-order valence-electron chi connectivity index (χ2n) is 6.48. The Morgan fingerprint density at radius 3 is 2.59 bits per heavy atom. The van der Waals surface area contributed by atoms with E-state index in [0.29, 0.717) is 19.8 Å². The van der Waals surface area contributed by atoms with E-state index in [1.54, 1.807) is 0 Å². The number of nitrogens with zero attached hydrogens (tertiary/aromatic N) is 1. The maximum absolute atomic E-state index is 12.5. The van der Waals surface area contributed by atoms with Gasteiger partial charge >= 0.3 is 0 Å². The van der Waals surface area contributed by atoms with Gasteiger partial charge in [-0.05, 0) is 37.2 Å². The summed E-state index contributed by atoms with van der Waals surface area (Å²) in [6, 6.07) is 10.3. The topological polar surface area (TPSA) is 49.8 Å². The summed E-state index contributed by atoms with van der Waals surface area (Å²) in [5.74, 6) is 0.549. The van der Waals surface area contributed by atoms with Crippen LogP contribution in [0.1, 0.15) is 24.8 Å². The van der Waals surface area contributed by atoms with Crippen molar-refractivity contribution in [1.82, 2.24) is 4.90 Å². The van der Waals surface area contributed by atoms with Crippen LogP contribution in [-0.2, 0) is 16.0 Å². The zero-order valence-electron chi connectivity index (χ0n) is 13.0. The van der Waals surface area contributed by atoms with Gasteiger partial charge in [0.25, 0.3) is 0 Å². The first-order valence-corrected chi connectivity index (χ1v) is 8.32. The van der Waals surface area contributed by atoms with E-state index in [-0.39, 0.29) is 17.7 Å². The average Bonchev–Trinajstić information content (AvgIpc) is 2.58. The molecule has 0 saturated carbocycles. The monoisotopic (exact) mass is 303 g/mol. The molecule has 0 aliphatic carbocycles. The number of likely N-dealkylation sites (tertiary alicyclic amines) is 1. The first-order valence-electron chi connectivity index (χ1n) is 8.32. The molecule has 0 aromatic heterocycles. The van der Waals surface area contributed by atoms with Crippen molar-refractivity contribution in [3.05, 3.63) is 35.9 Å². The van der Waals surface area contributed by atoms with Crippen molar-refractivity contribution in [2.24, 2.45) is 11.8 Å². The smallest absolute Gasteiger partial charge is 0.225 e. The molecule has 2 saturated heterocycles. The zero-order chi connectivity index (χ0) is 15.4. The molecule has 2 fully saturated rings. The number of β-amino-alcohol motifs (C(OH)–C–C–N with tert-alkyl or cyclic N) is 1. The number of ether oxygens (including phenoxy) is 1. The van der Waals surface area contributed by atoms with E-state index in [1.807, 2.05) is 23.1 Å². The van der Waals surface area contributed by atoms with Gasteiger partial charge in [0.05, 0.1) is 6.10 Å². The number of aliphatic hydroxyl groups excluding tert-OH is 1. The molecule has 22 heavy (non-hydrogen) atoms. The van der Waals surface area contributed by atoms with Crippen LogP contribution in [0.15, 0.2) is 30.3 Å². The fraction of sp³-hybridized carbons (Fsp3) is 0.611. The summed E-state index contributed by atoms with van der Waals surface area (Å²) in [4.78, 5) is 14.4. The standard InChI is InChI=1S/C18H25NO3/c20-17-13-19(18(21)15-7-10-22-11-8-15)9-6-16(17)12-14-4-2-1-3-5-14/h1-5,15-17,20H,6-13H2/t16-,17+/m1/s1. The van der Waals surface area contributed by atoms with Crippen LogP contribution in [-0.4, -0.2) is 48.3 Å². The molecule has 1 amide bonds. The highest BCUT2D eigenvalue weighted by Crippen LogP contribution is 2.25. The minimum Gasteiger partial charge on any atom is -0.391 e. The number of hydrogen-bond acceptors (Lipinski definition) is 3. The molecular weight excluding hydrogens is 278 g/mol. The van der Waals surface area contributed by atoms with Crippen LogP contribution in [0, 0.1) is 11.8 Å². The summed E-state index contributed by atoms with van der Waals surface area (Å²) >= 11 is 0. The van der Waals surface area contributed by atoms with E-state index in [1.165, 1.54) is 5.56 Å². The highest BCUT2D eigenvalue weighted by molar-refractivity contribution is 5.79. The number of piperidine rings is 1. The fourth-order valence-electron chi connectivity index (χ4n) is 3.54. The van der Waals surface area contributed by atoms with Crippen LogP contribution in [0.3, 0.4) is 0 Å². The first kappa shape index (κ1) is 15.5. The van der Waals surface area contributed by atoms with Crippen LogP contribution in [0.4, 0.5) is 0 Å². The Balaban J connectivity index is 1.54. The zero-order valence-corrected chi connectivity index (χ0v) is 13.0. The second kappa shape index (κ2) is 7.25. The van der Waals surface area contributed by atoms with Gasteiger partial charge in [-0.2, -0.15) is 0 Å². The lowest BCUT2D eigenvalue weighted by Crippen LogP contribution is -2.49. The van der Waals surface area contributed by atoms with Crippen molar-refractivity contribution in [3.63, 3.8) is 0 Å². The highest BCUT2D eigenvalue weighted by Gasteiger charge is 2.33. The van der Waals surface area contributed by atoms with Crippen LogP contribution in [0.25, 0.3) is 0 Å². The third-order valence-corrected chi connectivity index (χ3v) is 4.94. The third-order valence-electron chi connectivity index (χ3n) is 4.94. The molecular formula is C18H25NO3. The molecule has 1 aromatic rings. The molecule has 0 unspecified atom stereocenters. The molecule has 1 aromatic carbocycles. The predicted molar refractivity (Wildman–Crippen MR) is 84.4 cm³/mol. The lowest BCUT2D eigenvalue weighted by molar-refractivity contribution is -0.143. The maximum Gasteiger partial charge on any atom is 0.225 e. The highest BCUT2D eigenvalue weighted by atomic mass is 16.5. The Kier molecular flexibility index (Phi) is 5.11. The molecule has 4 heteroatoms. The van der Waals surface area contributed by atoms with Crippen molar-refractivity contribution in [3.8, 4) is 0 Å². The molecule has 0 bridgehead atoms. The summed E-state index contributed by atoms with van der Waals surface area (Å²) in [5, 5.41) is 10.4. The van der Waals surface area contributed by atoms with Crippen molar-refractivity contribution < 1.29 is 14.6 Å². The van der Waals surface area contributed by atoms with E-state index >= 15 is 0 Å². The third kappa shape index (κ3) is 3.68. The summed E-state index contributed by atoms with van der Waals surface area (Å²) < 4.78 is 5.32. The van der Waals surface area contributed by atoms with Gasteiger partial charge in [-0.15, -0.1) is 0 Å². The number of amides is 1. The summed E-state index contributed by atoms with van der Waals surface area (Å²) in [6.07, 6.45) is 2.99. The Morgan fingerprint density at radius 1 is 1.18 bits per heavy atom. The van der Waals surface area contributed by atoms with Gasteiger partial charge in [0.1, 0.15) is 0 Å². The molecule has 0 spiro atoms. The van der Waals surface area contributed by atoms with Gasteiger partial charge in [0.2, 0.25) is 5.91 Å².